The molecule has 0 aliphatic carbocycles. The van der Waals surface area contributed by atoms with Gasteiger partial charge in [0.15, 0.2) is 0 Å². The smallest absolute Gasteiger partial charge is 0.374 e. The van der Waals surface area contributed by atoms with Crippen molar-refractivity contribution in [3.05, 3.63) is 46.4 Å². The molecule has 1 aliphatic heterocycles. The molecule has 11 heteroatoms. The number of alkyl halides is 3. The topological polar surface area (TPSA) is 85.8 Å². The van der Waals surface area contributed by atoms with Crippen LogP contribution in [0.5, 0.6) is 0 Å². The van der Waals surface area contributed by atoms with Crippen LogP contribution in [0.4, 0.5) is 18.9 Å². The van der Waals surface area contributed by atoms with Gasteiger partial charge in [0, 0.05) is 55.9 Å². The molecular formula is C21H25F3N4O3S. The van der Waals surface area contributed by atoms with Gasteiger partial charge in [-0.2, -0.15) is 13.2 Å². The Hall–Kier alpha value is -2.66. The van der Waals surface area contributed by atoms with Crippen molar-refractivity contribution in [3.63, 3.8) is 0 Å². The second-order valence-corrected chi connectivity index (χ2v) is 8.49. The minimum Gasteiger partial charge on any atom is -0.374 e. The molecule has 2 aromatic rings. The first-order valence-corrected chi connectivity index (χ1v) is 11.0. The normalized spacial score (nSPS) is 16.5. The van der Waals surface area contributed by atoms with Gasteiger partial charge >= 0.3 is 6.18 Å². The molecule has 2 N–H and O–H groups in total. The number of thiazole rings is 1. The molecule has 0 spiro atoms. The number of piperazine rings is 1. The molecule has 1 atom stereocenters. The Morgan fingerprint density at radius 2 is 1.81 bits per heavy atom. The van der Waals surface area contributed by atoms with E-state index >= 15 is 0 Å². The molecule has 2 heterocycles. The molecule has 0 bridgehead atoms. The first-order chi connectivity index (χ1) is 15.1. The zero-order valence-electron chi connectivity index (χ0n) is 17.6. The molecule has 1 aromatic carbocycles. The summed E-state index contributed by atoms with van der Waals surface area (Å²) in [5.74, 6) is -1.18. The van der Waals surface area contributed by atoms with Crippen LogP contribution in [0.25, 0.3) is 0 Å². The predicted molar refractivity (Wildman–Crippen MR) is 114 cm³/mol. The van der Waals surface area contributed by atoms with Crippen molar-refractivity contribution >= 4 is 28.8 Å². The van der Waals surface area contributed by atoms with Crippen LogP contribution in [-0.2, 0) is 15.2 Å². The van der Waals surface area contributed by atoms with Crippen molar-refractivity contribution in [2.45, 2.75) is 31.5 Å². The van der Waals surface area contributed by atoms with Gasteiger partial charge in [0.2, 0.25) is 17.4 Å². The van der Waals surface area contributed by atoms with E-state index in [1.807, 2.05) is 30.3 Å². The van der Waals surface area contributed by atoms with Gasteiger partial charge in [0.05, 0.1) is 6.42 Å². The van der Waals surface area contributed by atoms with Gasteiger partial charge in [-0.25, -0.2) is 4.98 Å². The van der Waals surface area contributed by atoms with Gasteiger partial charge in [0.25, 0.3) is 0 Å². The first-order valence-electron chi connectivity index (χ1n) is 10.2. The SMILES string of the molecule is Cc1csc(C(O)(CC(=O)NCCC(=O)N2CCN(c3ccccc3)CC2)C(F)(F)F)n1. The van der Waals surface area contributed by atoms with E-state index in [0.29, 0.717) is 43.2 Å². The standard InChI is InChI=1S/C21H25F3N4O3S/c1-15-14-32-19(26-15)20(31,21(22,23)24)13-17(29)25-8-7-18(30)28-11-9-27(10-12-28)16-5-3-2-4-6-16/h2-6,14,31H,7-13H2,1H3,(H,25,29). The highest BCUT2D eigenvalue weighted by molar-refractivity contribution is 7.09. The lowest BCUT2D eigenvalue weighted by atomic mass is 9.99. The Morgan fingerprint density at radius 3 is 2.38 bits per heavy atom. The van der Waals surface area contributed by atoms with E-state index in [0.717, 1.165) is 5.69 Å². The average Bonchev–Trinajstić information content (AvgIpc) is 3.20. The van der Waals surface area contributed by atoms with Crippen LogP contribution >= 0.6 is 11.3 Å². The Bertz CT molecular complexity index is 930. The van der Waals surface area contributed by atoms with Crippen molar-refractivity contribution < 1.29 is 27.9 Å². The van der Waals surface area contributed by atoms with Crippen LogP contribution in [0, 0.1) is 6.92 Å². The van der Waals surface area contributed by atoms with Crippen LogP contribution in [-0.4, -0.2) is 65.7 Å². The lowest BCUT2D eigenvalue weighted by Gasteiger charge is -2.36. The second-order valence-electron chi connectivity index (χ2n) is 7.63. The number of aliphatic hydroxyl groups is 1. The molecule has 174 valence electrons. The van der Waals surface area contributed by atoms with E-state index in [1.54, 1.807) is 4.90 Å². The van der Waals surface area contributed by atoms with E-state index in [1.165, 1.54) is 12.3 Å². The second kappa shape index (κ2) is 9.86. The summed E-state index contributed by atoms with van der Waals surface area (Å²) in [6.07, 6.45) is -6.31. The molecule has 0 radical (unpaired) electrons. The lowest BCUT2D eigenvalue weighted by Crippen LogP contribution is -2.49. The fourth-order valence-electron chi connectivity index (χ4n) is 3.46. The van der Waals surface area contributed by atoms with Crippen LogP contribution in [0.3, 0.4) is 0 Å². The average molecular weight is 471 g/mol. The minimum atomic E-state index is -5.07. The summed E-state index contributed by atoms with van der Waals surface area (Å²) >= 11 is 0.646. The molecule has 1 aliphatic rings. The maximum Gasteiger partial charge on any atom is 0.424 e. The maximum atomic E-state index is 13.5. The van der Waals surface area contributed by atoms with Crippen LogP contribution < -0.4 is 10.2 Å². The first kappa shape index (κ1) is 24.0. The van der Waals surface area contributed by atoms with Crippen molar-refractivity contribution in [3.8, 4) is 0 Å². The number of nitrogens with zero attached hydrogens (tertiary/aromatic N) is 3. The number of rotatable bonds is 7. The van der Waals surface area contributed by atoms with E-state index in [2.05, 4.69) is 15.2 Å². The Balaban J connectivity index is 1.46. The third kappa shape index (κ3) is 5.57. The van der Waals surface area contributed by atoms with Crippen molar-refractivity contribution in [2.24, 2.45) is 0 Å². The molecule has 32 heavy (non-hydrogen) atoms. The van der Waals surface area contributed by atoms with E-state index in [4.69, 9.17) is 0 Å². The lowest BCUT2D eigenvalue weighted by molar-refractivity contribution is -0.267. The molecule has 0 saturated carbocycles. The summed E-state index contributed by atoms with van der Waals surface area (Å²) in [5, 5.41) is 13.3. The number of nitrogens with one attached hydrogen (secondary N) is 1. The fraction of sp³-hybridized carbons (Fsp3) is 0.476. The molecule has 3 rings (SSSR count). The van der Waals surface area contributed by atoms with Gasteiger partial charge in [-0.15, -0.1) is 11.3 Å². The zero-order valence-corrected chi connectivity index (χ0v) is 18.4. The van der Waals surface area contributed by atoms with Gasteiger partial charge in [-0.3, -0.25) is 9.59 Å². The van der Waals surface area contributed by atoms with Crippen LogP contribution in [0.15, 0.2) is 35.7 Å². The molecule has 1 saturated heterocycles. The van der Waals surface area contributed by atoms with E-state index in [-0.39, 0.29) is 18.9 Å². The molecule has 7 nitrogen and oxygen atoms in total. The highest BCUT2D eigenvalue weighted by Crippen LogP contribution is 2.42. The molecule has 1 unspecified atom stereocenters. The number of hydrogen-bond donors (Lipinski definition) is 2. The number of aryl methyl sites for hydroxylation is 1. The minimum absolute atomic E-state index is 0.0299. The Kier molecular flexibility index (Phi) is 7.40. The maximum absolute atomic E-state index is 13.5. The number of benzene rings is 1. The summed E-state index contributed by atoms with van der Waals surface area (Å²) < 4.78 is 40.4. The quantitative estimate of drug-likeness (QED) is 0.649. The predicted octanol–water partition coefficient (Wildman–Crippen LogP) is 2.45. The summed E-state index contributed by atoms with van der Waals surface area (Å²) in [6, 6.07) is 9.84. The largest absolute Gasteiger partial charge is 0.424 e. The number of amides is 2. The van der Waals surface area contributed by atoms with Crippen molar-refractivity contribution in [1.29, 1.82) is 0 Å². The van der Waals surface area contributed by atoms with Gasteiger partial charge in [-0.05, 0) is 19.1 Å². The third-order valence-corrected chi connectivity index (χ3v) is 6.38. The van der Waals surface area contributed by atoms with E-state index < -0.39 is 29.1 Å². The van der Waals surface area contributed by atoms with Crippen molar-refractivity contribution in [1.82, 2.24) is 15.2 Å². The summed E-state index contributed by atoms with van der Waals surface area (Å²) in [7, 11) is 0. The molecule has 1 fully saturated rings. The van der Waals surface area contributed by atoms with Gasteiger partial charge < -0.3 is 20.2 Å². The Morgan fingerprint density at radius 1 is 1.16 bits per heavy atom. The number of carbonyl (C=O) groups excluding carboxylic acids is 2. The monoisotopic (exact) mass is 470 g/mol. The zero-order chi connectivity index (χ0) is 23.4. The highest BCUT2D eigenvalue weighted by atomic mass is 32.1. The summed E-state index contributed by atoms with van der Waals surface area (Å²) in [6.45, 7) is 3.79. The highest BCUT2D eigenvalue weighted by Gasteiger charge is 2.58. The molecule has 1 aromatic heterocycles. The number of hydrogen-bond acceptors (Lipinski definition) is 6. The number of aromatic nitrogens is 1. The number of halogens is 3. The van der Waals surface area contributed by atoms with Crippen LogP contribution in [0.2, 0.25) is 0 Å². The molecular weight excluding hydrogens is 445 g/mol. The van der Waals surface area contributed by atoms with Crippen LogP contribution in [0.1, 0.15) is 23.5 Å². The Labute approximate surface area is 187 Å². The number of carbonyl (C=O) groups is 2. The molecule has 2 amide bonds. The summed E-state index contributed by atoms with van der Waals surface area (Å²) in [5.41, 5.74) is -1.96. The number of anilines is 1. The third-order valence-electron chi connectivity index (χ3n) is 5.27. The number of para-hydroxylation sites is 1. The van der Waals surface area contributed by atoms with Crippen molar-refractivity contribution in [2.75, 3.05) is 37.6 Å². The summed E-state index contributed by atoms with van der Waals surface area (Å²) in [4.78, 5) is 32.1. The van der Waals surface area contributed by atoms with Gasteiger partial charge in [0.1, 0.15) is 5.01 Å². The van der Waals surface area contributed by atoms with Gasteiger partial charge in [-0.1, -0.05) is 18.2 Å². The van der Waals surface area contributed by atoms with E-state index in [9.17, 15) is 27.9 Å². The fourth-order valence-corrected chi connectivity index (χ4v) is 4.37.